The first-order valence-electron chi connectivity index (χ1n) is 6.18. The molecule has 0 atom stereocenters. The van der Waals surface area contributed by atoms with Crippen molar-refractivity contribution in [2.75, 3.05) is 17.2 Å². The maximum absolute atomic E-state index is 13.2. The minimum absolute atomic E-state index is 0.0177. The summed E-state index contributed by atoms with van der Waals surface area (Å²) >= 11 is 0. The molecular weight excluding hydrogens is 275 g/mol. The number of aromatic carboxylic acids is 1. The summed E-state index contributed by atoms with van der Waals surface area (Å²) in [6, 6.07) is 12.5. The number of carboxylic acid groups (broad SMARTS) is 1. The number of carbonyl (C=O) groups excluding carboxylic acids is 1. The van der Waals surface area contributed by atoms with Crippen LogP contribution in [0.1, 0.15) is 10.4 Å². The second kappa shape index (κ2) is 6.51. The molecule has 0 unspecified atom stereocenters. The summed E-state index contributed by atoms with van der Waals surface area (Å²) < 4.78 is 13.2. The average molecular weight is 288 g/mol. The molecule has 0 bridgehead atoms. The standard InChI is InChI=1S/C15H13FN2O3/c16-13-7-6-11(8-12(13)15(20)21)18-14(19)9-17-10-4-2-1-3-5-10/h1-8,17H,9H2,(H,18,19)(H,20,21). The molecule has 0 aliphatic heterocycles. The zero-order valence-corrected chi connectivity index (χ0v) is 11.0. The predicted octanol–water partition coefficient (Wildman–Crippen LogP) is 2.57. The van der Waals surface area contributed by atoms with E-state index in [4.69, 9.17) is 5.11 Å². The van der Waals surface area contributed by atoms with Gasteiger partial charge in [-0.05, 0) is 30.3 Å². The highest BCUT2D eigenvalue weighted by molar-refractivity contribution is 5.95. The van der Waals surface area contributed by atoms with Crippen molar-refractivity contribution >= 4 is 23.3 Å². The minimum atomic E-state index is -1.38. The number of carboxylic acids is 1. The molecule has 1 amide bonds. The lowest BCUT2D eigenvalue weighted by Gasteiger charge is -2.08. The van der Waals surface area contributed by atoms with E-state index in [9.17, 15) is 14.0 Å². The number of para-hydroxylation sites is 1. The third-order valence-electron chi connectivity index (χ3n) is 2.71. The topological polar surface area (TPSA) is 78.4 Å². The second-order valence-corrected chi connectivity index (χ2v) is 4.27. The Hall–Kier alpha value is -2.89. The van der Waals surface area contributed by atoms with Gasteiger partial charge in [-0.2, -0.15) is 0 Å². The number of halogens is 1. The number of hydrogen-bond donors (Lipinski definition) is 3. The first-order valence-corrected chi connectivity index (χ1v) is 6.18. The predicted molar refractivity (Wildman–Crippen MR) is 76.9 cm³/mol. The average Bonchev–Trinajstić information content (AvgIpc) is 2.48. The van der Waals surface area contributed by atoms with Crippen molar-refractivity contribution in [1.29, 1.82) is 0 Å². The Morgan fingerprint density at radius 3 is 2.43 bits per heavy atom. The van der Waals surface area contributed by atoms with Crippen molar-refractivity contribution in [3.8, 4) is 0 Å². The van der Waals surface area contributed by atoms with E-state index in [0.717, 1.165) is 17.8 Å². The van der Waals surface area contributed by atoms with E-state index >= 15 is 0 Å². The van der Waals surface area contributed by atoms with Crippen LogP contribution in [0.4, 0.5) is 15.8 Å². The molecular formula is C15H13FN2O3. The van der Waals surface area contributed by atoms with E-state index in [0.29, 0.717) is 0 Å². The summed E-state index contributed by atoms with van der Waals surface area (Å²) in [5.41, 5.74) is 0.537. The molecule has 0 aliphatic rings. The lowest BCUT2D eigenvalue weighted by Crippen LogP contribution is -2.22. The van der Waals surface area contributed by atoms with Crippen molar-refractivity contribution in [3.63, 3.8) is 0 Å². The molecule has 3 N–H and O–H groups in total. The fourth-order valence-corrected chi connectivity index (χ4v) is 1.71. The zero-order chi connectivity index (χ0) is 15.2. The van der Waals surface area contributed by atoms with Gasteiger partial charge in [0.15, 0.2) is 0 Å². The fourth-order valence-electron chi connectivity index (χ4n) is 1.71. The summed E-state index contributed by atoms with van der Waals surface area (Å²) in [4.78, 5) is 22.5. The third-order valence-corrected chi connectivity index (χ3v) is 2.71. The number of carbonyl (C=O) groups is 2. The van der Waals surface area contributed by atoms with Crippen molar-refractivity contribution in [1.82, 2.24) is 0 Å². The van der Waals surface area contributed by atoms with Gasteiger partial charge in [-0.25, -0.2) is 9.18 Å². The van der Waals surface area contributed by atoms with Gasteiger partial charge in [0, 0.05) is 11.4 Å². The summed E-state index contributed by atoms with van der Waals surface area (Å²) in [5.74, 6) is -2.59. The Morgan fingerprint density at radius 1 is 1.05 bits per heavy atom. The maximum Gasteiger partial charge on any atom is 0.338 e. The van der Waals surface area contributed by atoms with Gasteiger partial charge in [0.25, 0.3) is 0 Å². The molecule has 0 aliphatic carbocycles. The van der Waals surface area contributed by atoms with Crippen LogP contribution < -0.4 is 10.6 Å². The molecule has 108 valence electrons. The molecule has 0 aromatic heterocycles. The molecule has 21 heavy (non-hydrogen) atoms. The zero-order valence-electron chi connectivity index (χ0n) is 11.0. The number of hydrogen-bond acceptors (Lipinski definition) is 3. The van der Waals surface area contributed by atoms with Crippen LogP contribution in [0.3, 0.4) is 0 Å². The van der Waals surface area contributed by atoms with Crippen LogP contribution in [0.15, 0.2) is 48.5 Å². The van der Waals surface area contributed by atoms with Crippen LogP contribution in [0.2, 0.25) is 0 Å². The van der Waals surface area contributed by atoms with Gasteiger partial charge < -0.3 is 15.7 Å². The van der Waals surface area contributed by atoms with Crippen LogP contribution in [0.5, 0.6) is 0 Å². The molecule has 0 fully saturated rings. The van der Waals surface area contributed by atoms with Crippen molar-refractivity contribution < 1.29 is 19.1 Å². The van der Waals surface area contributed by atoms with Gasteiger partial charge in [-0.3, -0.25) is 4.79 Å². The van der Waals surface area contributed by atoms with Crippen molar-refractivity contribution in [3.05, 3.63) is 59.9 Å². The second-order valence-electron chi connectivity index (χ2n) is 4.27. The van der Waals surface area contributed by atoms with Gasteiger partial charge in [-0.15, -0.1) is 0 Å². The SMILES string of the molecule is O=C(CNc1ccccc1)Nc1ccc(F)c(C(=O)O)c1. The van der Waals surface area contributed by atoms with Crippen LogP contribution in [0, 0.1) is 5.82 Å². The highest BCUT2D eigenvalue weighted by Crippen LogP contribution is 2.15. The van der Waals surface area contributed by atoms with E-state index in [2.05, 4.69) is 10.6 Å². The Bertz CT molecular complexity index is 659. The molecule has 0 radical (unpaired) electrons. The smallest absolute Gasteiger partial charge is 0.338 e. The summed E-state index contributed by atoms with van der Waals surface area (Å²) in [7, 11) is 0. The maximum atomic E-state index is 13.2. The van der Waals surface area contributed by atoms with Gasteiger partial charge in [-0.1, -0.05) is 18.2 Å². The van der Waals surface area contributed by atoms with E-state index < -0.39 is 17.3 Å². The highest BCUT2D eigenvalue weighted by Gasteiger charge is 2.11. The lowest BCUT2D eigenvalue weighted by atomic mass is 10.2. The van der Waals surface area contributed by atoms with Crippen LogP contribution in [-0.2, 0) is 4.79 Å². The molecule has 0 heterocycles. The van der Waals surface area contributed by atoms with E-state index in [-0.39, 0.29) is 18.1 Å². The van der Waals surface area contributed by atoms with Crippen LogP contribution in [0.25, 0.3) is 0 Å². The van der Waals surface area contributed by atoms with Gasteiger partial charge in [0.1, 0.15) is 5.82 Å². The Kier molecular flexibility index (Phi) is 4.50. The Labute approximate surface area is 120 Å². The third kappa shape index (κ3) is 4.04. The molecule has 0 saturated carbocycles. The lowest BCUT2D eigenvalue weighted by molar-refractivity contribution is -0.114. The van der Waals surface area contributed by atoms with E-state index in [1.165, 1.54) is 6.07 Å². The summed E-state index contributed by atoms with van der Waals surface area (Å²) in [6.07, 6.45) is 0. The minimum Gasteiger partial charge on any atom is -0.478 e. The molecule has 6 heteroatoms. The number of benzene rings is 2. The molecule has 2 aromatic rings. The molecule has 0 saturated heterocycles. The van der Waals surface area contributed by atoms with Crippen LogP contribution >= 0.6 is 0 Å². The first-order chi connectivity index (χ1) is 10.1. The quantitative estimate of drug-likeness (QED) is 0.790. The Balaban J connectivity index is 1.97. The molecule has 2 rings (SSSR count). The number of rotatable bonds is 5. The van der Waals surface area contributed by atoms with Crippen molar-refractivity contribution in [2.24, 2.45) is 0 Å². The van der Waals surface area contributed by atoms with Gasteiger partial charge in [0.2, 0.25) is 5.91 Å². The number of amides is 1. The normalized spacial score (nSPS) is 9.95. The van der Waals surface area contributed by atoms with Crippen molar-refractivity contribution in [2.45, 2.75) is 0 Å². The molecule has 5 nitrogen and oxygen atoms in total. The van der Waals surface area contributed by atoms with E-state index in [1.807, 2.05) is 30.3 Å². The van der Waals surface area contributed by atoms with E-state index in [1.54, 1.807) is 0 Å². The number of anilines is 2. The van der Waals surface area contributed by atoms with Crippen LogP contribution in [-0.4, -0.2) is 23.5 Å². The fraction of sp³-hybridized carbons (Fsp3) is 0.0667. The number of nitrogens with one attached hydrogen (secondary N) is 2. The summed E-state index contributed by atoms with van der Waals surface area (Å²) in [6.45, 7) is 0.0177. The first kappa shape index (κ1) is 14.5. The largest absolute Gasteiger partial charge is 0.478 e. The molecule has 2 aromatic carbocycles. The monoisotopic (exact) mass is 288 g/mol. The molecule has 0 spiro atoms. The Morgan fingerprint density at radius 2 is 1.76 bits per heavy atom. The highest BCUT2D eigenvalue weighted by atomic mass is 19.1. The summed E-state index contributed by atoms with van der Waals surface area (Å²) in [5, 5.41) is 14.2. The van der Waals surface area contributed by atoms with Gasteiger partial charge >= 0.3 is 5.97 Å². The van der Waals surface area contributed by atoms with Gasteiger partial charge in [0.05, 0.1) is 12.1 Å².